The highest BCUT2D eigenvalue weighted by Crippen LogP contribution is 2.23. The molecule has 0 saturated carbocycles. The molecule has 2 atom stereocenters. The molecule has 1 amide bonds. The monoisotopic (exact) mass is 317 g/mol. The van der Waals surface area contributed by atoms with Crippen LogP contribution in [0.25, 0.3) is 0 Å². The van der Waals surface area contributed by atoms with E-state index in [2.05, 4.69) is 0 Å². The average molecular weight is 317 g/mol. The number of rotatable bonds is 8. The van der Waals surface area contributed by atoms with Gasteiger partial charge in [-0.3, -0.25) is 9.59 Å². The number of carboxylic acids is 1. The Kier molecular flexibility index (Phi) is 7.83. The van der Waals surface area contributed by atoms with E-state index in [0.717, 1.165) is 0 Å². The van der Waals surface area contributed by atoms with Gasteiger partial charge in [0.25, 0.3) is 0 Å². The van der Waals surface area contributed by atoms with E-state index in [0.29, 0.717) is 19.4 Å². The lowest BCUT2D eigenvalue weighted by molar-refractivity contribution is -0.151. The van der Waals surface area contributed by atoms with Crippen LogP contribution in [0.1, 0.15) is 19.8 Å². The third kappa shape index (κ3) is 5.98. The summed E-state index contributed by atoms with van der Waals surface area (Å²) in [5.74, 6) is -1.58. The predicted octanol–water partition coefficient (Wildman–Crippen LogP) is -0.0957. The Balaban J connectivity index is 2.23. The topological polar surface area (TPSA) is 102 Å². The highest BCUT2D eigenvalue weighted by Gasteiger charge is 2.32. The second kappa shape index (κ2) is 9.37. The van der Waals surface area contributed by atoms with Gasteiger partial charge in [0.15, 0.2) is 0 Å². The fourth-order valence-corrected chi connectivity index (χ4v) is 2.44. The summed E-state index contributed by atoms with van der Waals surface area (Å²) in [5.41, 5.74) is 0. The summed E-state index contributed by atoms with van der Waals surface area (Å²) in [7, 11) is 1.37. The van der Waals surface area contributed by atoms with Gasteiger partial charge in [0, 0.05) is 12.6 Å². The average Bonchev–Trinajstić information content (AvgIpc) is 2.49. The molecule has 0 spiro atoms. The lowest BCUT2D eigenvalue weighted by Gasteiger charge is -2.36. The van der Waals surface area contributed by atoms with E-state index in [1.54, 1.807) is 4.90 Å². The molecule has 1 aliphatic heterocycles. The second-order valence-electron chi connectivity index (χ2n) is 5.18. The fraction of sp³-hybridized carbons (Fsp3) is 0.786. The van der Waals surface area contributed by atoms with Crippen LogP contribution in [0.5, 0.6) is 0 Å². The lowest BCUT2D eigenvalue weighted by atomic mass is 9.91. The molecule has 8 nitrogen and oxygen atoms in total. The van der Waals surface area contributed by atoms with E-state index in [1.807, 2.05) is 6.92 Å². The van der Waals surface area contributed by atoms with Gasteiger partial charge in [0.1, 0.15) is 13.2 Å². The van der Waals surface area contributed by atoms with Crippen molar-refractivity contribution >= 4 is 17.8 Å². The normalized spacial score (nSPS) is 21.5. The zero-order valence-electron chi connectivity index (χ0n) is 12.9. The van der Waals surface area contributed by atoms with Crippen molar-refractivity contribution in [2.75, 3.05) is 40.1 Å². The van der Waals surface area contributed by atoms with E-state index in [9.17, 15) is 14.4 Å². The summed E-state index contributed by atoms with van der Waals surface area (Å²) >= 11 is 0. The molecular formula is C14H23NO7. The summed E-state index contributed by atoms with van der Waals surface area (Å²) < 4.78 is 14.7. The van der Waals surface area contributed by atoms with Gasteiger partial charge in [-0.05, 0) is 19.8 Å². The maximum Gasteiger partial charge on any atom is 0.329 e. The largest absolute Gasteiger partial charge is 0.480 e. The summed E-state index contributed by atoms with van der Waals surface area (Å²) in [6.07, 6.45) is 1.17. The molecule has 22 heavy (non-hydrogen) atoms. The van der Waals surface area contributed by atoms with Crippen LogP contribution < -0.4 is 0 Å². The third-order valence-electron chi connectivity index (χ3n) is 3.55. The minimum absolute atomic E-state index is 0.0442. The van der Waals surface area contributed by atoms with Crippen molar-refractivity contribution < 1.29 is 33.7 Å². The number of methoxy groups -OCH3 is 1. The van der Waals surface area contributed by atoms with Crippen molar-refractivity contribution in [3.63, 3.8) is 0 Å². The number of carbonyl (C=O) groups excluding carboxylic acids is 2. The number of hydrogen-bond acceptors (Lipinski definition) is 6. The molecule has 1 heterocycles. The van der Waals surface area contributed by atoms with E-state index < -0.39 is 5.97 Å². The van der Waals surface area contributed by atoms with E-state index in [4.69, 9.17) is 19.3 Å². The number of ether oxygens (including phenoxy) is 3. The number of amides is 1. The predicted molar refractivity (Wildman–Crippen MR) is 75.2 cm³/mol. The Morgan fingerprint density at radius 1 is 1.18 bits per heavy atom. The first-order chi connectivity index (χ1) is 10.5. The first-order valence-corrected chi connectivity index (χ1v) is 7.20. The van der Waals surface area contributed by atoms with Gasteiger partial charge >= 0.3 is 11.9 Å². The molecule has 1 saturated heterocycles. The Morgan fingerprint density at radius 2 is 1.82 bits per heavy atom. The van der Waals surface area contributed by atoms with Crippen molar-refractivity contribution in [3.8, 4) is 0 Å². The minimum atomic E-state index is -1.04. The maximum absolute atomic E-state index is 12.0. The van der Waals surface area contributed by atoms with Crippen LogP contribution in [0.15, 0.2) is 0 Å². The molecule has 2 unspecified atom stereocenters. The number of hydrogen-bond donors (Lipinski definition) is 1. The molecule has 1 rings (SSSR count). The van der Waals surface area contributed by atoms with E-state index in [1.165, 1.54) is 7.11 Å². The Bertz CT molecular complexity index is 399. The first-order valence-electron chi connectivity index (χ1n) is 7.20. The van der Waals surface area contributed by atoms with Gasteiger partial charge in [-0.1, -0.05) is 0 Å². The zero-order chi connectivity index (χ0) is 16.5. The van der Waals surface area contributed by atoms with Gasteiger partial charge in [0.05, 0.1) is 26.2 Å². The number of likely N-dealkylation sites (tertiary alicyclic amines) is 1. The third-order valence-corrected chi connectivity index (χ3v) is 3.55. The molecule has 1 fully saturated rings. The number of nitrogens with zero attached hydrogens (tertiary/aromatic N) is 1. The van der Waals surface area contributed by atoms with Gasteiger partial charge in [0.2, 0.25) is 5.91 Å². The maximum atomic E-state index is 12.0. The molecule has 0 aliphatic carbocycles. The van der Waals surface area contributed by atoms with Gasteiger partial charge < -0.3 is 24.2 Å². The second-order valence-corrected chi connectivity index (χ2v) is 5.18. The van der Waals surface area contributed by atoms with Gasteiger partial charge in [-0.25, -0.2) is 4.79 Å². The van der Waals surface area contributed by atoms with Crippen LogP contribution in [-0.2, 0) is 28.6 Å². The highest BCUT2D eigenvalue weighted by atomic mass is 16.5. The first kappa shape index (κ1) is 18.4. The standard InChI is InChI=1S/C14H23NO7/c1-10-7-11(14(19)20-2)3-4-15(10)12(16)8-21-5-6-22-9-13(17)18/h10-11H,3-9H2,1-2H3,(H,17,18). The number of piperidine rings is 1. The molecule has 126 valence electrons. The summed E-state index contributed by atoms with van der Waals surface area (Å²) in [5, 5.41) is 8.38. The van der Waals surface area contributed by atoms with Crippen molar-refractivity contribution in [1.82, 2.24) is 4.90 Å². The number of carbonyl (C=O) groups is 3. The van der Waals surface area contributed by atoms with Crippen LogP contribution in [-0.4, -0.2) is 74.0 Å². The lowest BCUT2D eigenvalue weighted by Crippen LogP contribution is -2.47. The Labute approximate surface area is 129 Å². The number of carboxylic acid groups (broad SMARTS) is 1. The molecule has 0 aromatic carbocycles. The van der Waals surface area contributed by atoms with E-state index in [-0.39, 0.29) is 50.3 Å². The Morgan fingerprint density at radius 3 is 2.36 bits per heavy atom. The Hall–Kier alpha value is -1.67. The molecule has 1 aliphatic rings. The quantitative estimate of drug-likeness (QED) is 0.493. The molecule has 1 N–H and O–H groups in total. The summed E-state index contributed by atoms with van der Waals surface area (Å²) in [6.45, 7) is 2.21. The van der Waals surface area contributed by atoms with Crippen LogP contribution >= 0.6 is 0 Å². The van der Waals surface area contributed by atoms with Crippen LogP contribution in [0.4, 0.5) is 0 Å². The van der Waals surface area contributed by atoms with E-state index >= 15 is 0 Å². The molecular weight excluding hydrogens is 294 g/mol. The number of aliphatic carboxylic acids is 1. The zero-order valence-corrected chi connectivity index (χ0v) is 12.9. The van der Waals surface area contributed by atoms with Crippen LogP contribution in [0, 0.1) is 5.92 Å². The highest BCUT2D eigenvalue weighted by molar-refractivity contribution is 5.78. The molecule has 0 radical (unpaired) electrons. The van der Waals surface area contributed by atoms with Crippen LogP contribution in [0.2, 0.25) is 0 Å². The summed E-state index contributed by atoms with van der Waals surface area (Å²) in [4.78, 5) is 35.5. The molecule has 0 aromatic heterocycles. The number of esters is 1. The van der Waals surface area contributed by atoms with Gasteiger partial charge in [-0.2, -0.15) is 0 Å². The molecule has 0 bridgehead atoms. The van der Waals surface area contributed by atoms with Crippen molar-refractivity contribution in [3.05, 3.63) is 0 Å². The van der Waals surface area contributed by atoms with Crippen molar-refractivity contribution in [2.24, 2.45) is 5.92 Å². The van der Waals surface area contributed by atoms with Crippen molar-refractivity contribution in [1.29, 1.82) is 0 Å². The summed E-state index contributed by atoms with van der Waals surface area (Å²) in [6, 6.07) is -0.0442. The SMILES string of the molecule is COC(=O)C1CCN(C(=O)COCCOCC(=O)O)C(C)C1. The van der Waals surface area contributed by atoms with Gasteiger partial charge in [-0.15, -0.1) is 0 Å². The fourth-order valence-electron chi connectivity index (χ4n) is 2.44. The van der Waals surface area contributed by atoms with Crippen molar-refractivity contribution in [2.45, 2.75) is 25.8 Å². The molecule has 0 aromatic rings. The smallest absolute Gasteiger partial charge is 0.329 e. The van der Waals surface area contributed by atoms with Crippen LogP contribution in [0.3, 0.4) is 0 Å². The minimum Gasteiger partial charge on any atom is -0.480 e. The molecule has 8 heteroatoms.